The number of nitrogens with zero attached hydrogens (tertiary/aromatic N) is 2. The molecule has 1 aliphatic heterocycles. The lowest BCUT2D eigenvalue weighted by molar-refractivity contribution is -0.00527. The van der Waals surface area contributed by atoms with Crippen LogP contribution in [0.4, 0.5) is 5.69 Å². The molecule has 0 unspecified atom stereocenters. The number of hydrogen-bond acceptors (Lipinski definition) is 4. The minimum atomic E-state index is 0.184. The Labute approximate surface area is 95.2 Å². The normalized spacial score (nSPS) is 25.5. The molecule has 0 bridgehead atoms. The zero-order valence-electron chi connectivity index (χ0n) is 9.59. The first-order chi connectivity index (χ1) is 7.70. The summed E-state index contributed by atoms with van der Waals surface area (Å²) >= 11 is 0. The summed E-state index contributed by atoms with van der Waals surface area (Å²) in [5, 5.41) is 0. The predicted octanol–water partition coefficient (Wildman–Crippen LogP) is 1.51. The van der Waals surface area contributed by atoms with Gasteiger partial charge in [-0.2, -0.15) is 0 Å². The maximum absolute atomic E-state index is 10.9. The van der Waals surface area contributed by atoms with E-state index in [1.54, 1.807) is 6.20 Å². The van der Waals surface area contributed by atoms with Gasteiger partial charge in [-0.3, -0.25) is 9.78 Å². The molecule has 4 nitrogen and oxygen atoms in total. The lowest BCUT2D eigenvalue weighted by atomic mass is 10.2. The van der Waals surface area contributed by atoms with Crippen LogP contribution in [0.2, 0.25) is 0 Å². The Morgan fingerprint density at radius 2 is 2.12 bits per heavy atom. The van der Waals surface area contributed by atoms with Gasteiger partial charge in [-0.05, 0) is 26.0 Å². The number of morpholine rings is 1. The number of carbonyl (C=O) groups excluding carboxylic acids is 1. The van der Waals surface area contributed by atoms with E-state index >= 15 is 0 Å². The van der Waals surface area contributed by atoms with Crippen LogP contribution in [0, 0.1) is 0 Å². The summed E-state index contributed by atoms with van der Waals surface area (Å²) in [5.41, 5.74) is 1.41. The van der Waals surface area contributed by atoms with Crippen molar-refractivity contribution >= 4 is 12.0 Å². The number of aldehydes is 1. The number of ether oxygens (including phenoxy) is 1. The summed E-state index contributed by atoms with van der Waals surface area (Å²) in [6.45, 7) is 5.69. The van der Waals surface area contributed by atoms with Gasteiger partial charge >= 0.3 is 0 Å². The fourth-order valence-electron chi connectivity index (χ4n) is 2.14. The van der Waals surface area contributed by atoms with Crippen LogP contribution in [0.15, 0.2) is 18.3 Å². The number of carbonyl (C=O) groups is 1. The van der Waals surface area contributed by atoms with Crippen LogP contribution in [0.5, 0.6) is 0 Å². The molecule has 0 spiro atoms. The first-order valence-corrected chi connectivity index (χ1v) is 5.51. The molecule has 2 atom stereocenters. The van der Waals surface area contributed by atoms with Crippen molar-refractivity contribution in [1.82, 2.24) is 4.98 Å². The zero-order valence-corrected chi connectivity index (χ0v) is 9.59. The fourth-order valence-corrected chi connectivity index (χ4v) is 2.14. The van der Waals surface area contributed by atoms with Crippen LogP contribution >= 0.6 is 0 Å². The van der Waals surface area contributed by atoms with Crippen molar-refractivity contribution in [2.45, 2.75) is 26.1 Å². The molecule has 0 N–H and O–H groups in total. The summed E-state index contributed by atoms with van der Waals surface area (Å²) in [7, 11) is 0. The number of aromatic nitrogens is 1. The molecule has 0 aromatic carbocycles. The molecule has 0 radical (unpaired) electrons. The smallest absolute Gasteiger partial charge is 0.170 e. The second-order valence-corrected chi connectivity index (χ2v) is 4.19. The lowest BCUT2D eigenvalue weighted by Gasteiger charge is -2.37. The molecular formula is C12H16N2O2. The highest BCUT2D eigenvalue weighted by atomic mass is 16.5. The van der Waals surface area contributed by atoms with E-state index in [9.17, 15) is 4.79 Å². The summed E-state index contributed by atoms with van der Waals surface area (Å²) in [6, 6.07) is 3.79. The van der Waals surface area contributed by atoms with E-state index < -0.39 is 0 Å². The summed E-state index contributed by atoms with van der Waals surface area (Å²) in [4.78, 5) is 17.1. The van der Waals surface area contributed by atoms with E-state index in [0.29, 0.717) is 5.69 Å². The molecule has 4 heteroatoms. The maximum Gasteiger partial charge on any atom is 0.170 e. The molecule has 1 aliphatic rings. The molecular weight excluding hydrogens is 204 g/mol. The van der Waals surface area contributed by atoms with Gasteiger partial charge in [-0.1, -0.05) is 0 Å². The quantitative estimate of drug-likeness (QED) is 0.708. The van der Waals surface area contributed by atoms with Gasteiger partial charge in [-0.15, -0.1) is 0 Å². The predicted molar refractivity (Wildman–Crippen MR) is 61.8 cm³/mol. The standard InChI is InChI=1S/C12H16N2O2/c1-9-6-14(7-10(2)16-9)12-4-3-5-13-11(12)8-15/h3-5,8-10H,6-7H2,1-2H3/t9-,10+. The highest BCUT2D eigenvalue weighted by molar-refractivity contribution is 5.81. The Balaban J connectivity index is 2.25. The third-order valence-corrected chi connectivity index (χ3v) is 2.69. The minimum absolute atomic E-state index is 0.184. The van der Waals surface area contributed by atoms with Gasteiger partial charge in [0, 0.05) is 19.3 Å². The van der Waals surface area contributed by atoms with Crippen LogP contribution in [0.1, 0.15) is 24.3 Å². The van der Waals surface area contributed by atoms with Gasteiger partial charge in [0.15, 0.2) is 6.29 Å². The first-order valence-electron chi connectivity index (χ1n) is 5.51. The van der Waals surface area contributed by atoms with Gasteiger partial charge in [0.1, 0.15) is 5.69 Å². The van der Waals surface area contributed by atoms with Crippen LogP contribution in [-0.4, -0.2) is 36.6 Å². The van der Waals surface area contributed by atoms with Gasteiger partial charge in [0.2, 0.25) is 0 Å². The molecule has 2 rings (SSSR count). The van der Waals surface area contributed by atoms with Crippen molar-refractivity contribution in [1.29, 1.82) is 0 Å². The Kier molecular flexibility index (Phi) is 3.19. The van der Waals surface area contributed by atoms with Crippen molar-refractivity contribution in [3.63, 3.8) is 0 Å². The molecule has 0 aliphatic carbocycles. The third-order valence-electron chi connectivity index (χ3n) is 2.69. The van der Waals surface area contributed by atoms with Crippen molar-refractivity contribution < 1.29 is 9.53 Å². The van der Waals surface area contributed by atoms with Crippen molar-refractivity contribution in [3.8, 4) is 0 Å². The number of rotatable bonds is 2. The number of anilines is 1. The second-order valence-electron chi connectivity index (χ2n) is 4.19. The van der Waals surface area contributed by atoms with Gasteiger partial charge in [0.05, 0.1) is 17.9 Å². The van der Waals surface area contributed by atoms with E-state index in [1.165, 1.54) is 0 Å². The maximum atomic E-state index is 10.9. The largest absolute Gasteiger partial charge is 0.372 e. The monoisotopic (exact) mass is 220 g/mol. The first kappa shape index (κ1) is 11.1. The van der Waals surface area contributed by atoms with Crippen LogP contribution < -0.4 is 4.90 Å². The molecule has 86 valence electrons. The molecule has 0 amide bonds. The lowest BCUT2D eigenvalue weighted by Crippen LogP contribution is -2.45. The van der Waals surface area contributed by atoms with Gasteiger partial charge in [0.25, 0.3) is 0 Å². The van der Waals surface area contributed by atoms with Crippen LogP contribution in [0.3, 0.4) is 0 Å². The Hall–Kier alpha value is -1.42. The van der Waals surface area contributed by atoms with Gasteiger partial charge in [-0.25, -0.2) is 0 Å². The average Bonchev–Trinajstić information content (AvgIpc) is 2.27. The third kappa shape index (κ3) is 2.22. The molecule has 1 aromatic heterocycles. The zero-order chi connectivity index (χ0) is 11.5. The molecule has 1 aromatic rings. The highest BCUT2D eigenvalue weighted by Crippen LogP contribution is 2.21. The number of pyridine rings is 1. The number of hydrogen-bond donors (Lipinski definition) is 0. The summed E-state index contributed by atoms with van der Waals surface area (Å²) < 4.78 is 5.66. The van der Waals surface area contributed by atoms with Gasteiger partial charge < -0.3 is 9.64 Å². The molecule has 1 saturated heterocycles. The molecule has 16 heavy (non-hydrogen) atoms. The average molecular weight is 220 g/mol. The van der Waals surface area contributed by atoms with E-state index in [1.807, 2.05) is 26.0 Å². The van der Waals surface area contributed by atoms with E-state index in [-0.39, 0.29) is 12.2 Å². The molecule has 0 saturated carbocycles. The Bertz CT molecular complexity index is 371. The van der Waals surface area contributed by atoms with Crippen LogP contribution in [0.25, 0.3) is 0 Å². The SMILES string of the molecule is C[C@@H]1CN(c2cccnc2C=O)C[C@H](C)O1. The van der Waals surface area contributed by atoms with E-state index in [2.05, 4.69) is 9.88 Å². The van der Waals surface area contributed by atoms with E-state index in [4.69, 9.17) is 4.74 Å². The highest BCUT2D eigenvalue weighted by Gasteiger charge is 2.23. The fraction of sp³-hybridized carbons (Fsp3) is 0.500. The van der Waals surface area contributed by atoms with Crippen molar-refractivity contribution in [2.24, 2.45) is 0 Å². The van der Waals surface area contributed by atoms with E-state index in [0.717, 1.165) is 25.1 Å². The molecule has 1 fully saturated rings. The summed E-state index contributed by atoms with van der Waals surface area (Å²) in [6.07, 6.45) is 2.81. The second kappa shape index (κ2) is 4.61. The summed E-state index contributed by atoms with van der Waals surface area (Å²) in [5.74, 6) is 0. The topological polar surface area (TPSA) is 42.4 Å². The van der Waals surface area contributed by atoms with Crippen molar-refractivity contribution in [2.75, 3.05) is 18.0 Å². The minimum Gasteiger partial charge on any atom is -0.372 e. The van der Waals surface area contributed by atoms with Crippen molar-refractivity contribution in [3.05, 3.63) is 24.0 Å². The Morgan fingerprint density at radius 3 is 2.75 bits per heavy atom. The Morgan fingerprint density at radius 1 is 1.44 bits per heavy atom. The van der Waals surface area contributed by atoms with Crippen LogP contribution in [-0.2, 0) is 4.74 Å². The molecule has 2 heterocycles.